The largest absolute Gasteiger partial charge is 0.349 e. The summed E-state index contributed by atoms with van der Waals surface area (Å²) in [5.74, 6) is -0.575. The number of carbonyl (C=O) groups is 2. The molecule has 0 spiro atoms. The number of aromatic nitrogens is 4. The van der Waals surface area contributed by atoms with Crippen molar-refractivity contribution in [2.45, 2.75) is 38.6 Å². The van der Waals surface area contributed by atoms with E-state index in [0.29, 0.717) is 29.7 Å². The van der Waals surface area contributed by atoms with E-state index in [-0.39, 0.29) is 36.8 Å². The van der Waals surface area contributed by atoms with E-state index in [4.69, 9.17) is 0 Å². The molecule has 164 valence electrons. The second-order valence-corrected chi connectivity index (χ2v) is 7.66. The predicted octanol–water partition coefficient (Wildman–Crippen LogP) is 1.26. The molecule has 3 aromatic rings. The fourth-order valence-corrected chi connectivity index (χ4v) is 3.91. The molecule has 1 aliphatic rings. The van der Waals surface area contributed by atoms with E-state index in [2.05, 4.69) is 20.3 Å². The van der Waals surface area contributed by atoms with Gasteiger partial charge in [-0.1, -0.05) is 18.2 Å². The maximum atomic E-state index is 12.5. The first-order valence-corrected chi connectivity index (χ1v) is 10.5. The molecule has 4 rings (SSSR count). The number of ketones is 1. The molecule has 2 heterocycles. The number of H-pyrrole nitrogens is 1. The number of amides is 1. The van der Waals surface area contributed by atoms with Crippen LogP contribution in [0.3, 0.4) is 0 Å². The molecule has 2 N–H and O–H groups in total. The van der Waals surface area contributed by atoms with Gasteiger partial charge in [0.05, 0.1) is 18.4 Å². The van der Waals surface area contributed by atoms with Crippen LogP contribution in [0.15, 0.2) is 52.4 Å². The molecule has 0 saturated carbocycles. The van der Waals surface area contributed by atoms with Crippen LogP contribution in [0.25, 0.3) is 11.3 Å². The smallest absolute Gasteiger partial charge is 0.328 e. The van der Waals surface area contributed by atoms with E-state index >= 15 is 0 Å². The Morgan fingerprint density at radius 2 is 1.97 bits per heavy atom. The summed E-state index contributed by atoms with van der Waals surface area (Å²) in [6.07, 6.45) is 7.91. The highest BCUT2D eigenvalue weighted by atomic mass is 16.2. The Morgan fingerprint density at radius 1 is 1.12 bits per heavy atom. The number of nitrogens with zero attached hydrogens (tertiary/aromatic N) is 3. The summed E-state index contributed by atoms with van der Waals surface area (Å²) in [6.45, 7) is 0.00150. The Hall–Kier alpha value is -3.88. The minimum atomic E-state index is -0.500. The molecule has 0 saturated heterocycles. The van der Waals surface area contributed by atoms with Gasteiger partial charge in [-0.15, -0.1) is 0 Å². The number of Topliss-reactive ketones (excluding diaryl/α,β-unsaturated/α-hetero) is 1. The van der Waals surface area contributed by atoms with Crippen molar-refractivity contribution < 1.29 is 9.59 Å². The van der Waals surface area contributed by atoms with Crippen molar-refractivity contribution in [3.05, 3.63) is 80.5 Å². The summed E-state index contributed by atoms with van der Waals surface area (Å²) in [5, 5.41) is 2.62. The topological polar surface area (TPSA) is 127 Å². The third-order valence-corrected chi connectivity index (χ3v) is 5.56. The highest BCUT2D eigenvalue weighted by molar-refractivity contribution is 6.00. The summed E-state index contributed by atoms with van der Waals surface area (Å²) >= 11 is 0. The molecule has 0 unspecified atom stereocenters. The molecule has 2 aromatic heterocycles. The van der Waals surface area contributed by atoms with Crippen LogP contribution in [0.2, 0.25) is 0 Å². The van der Waals surface area contributed by atoms with Crippen molar-refractivity contribution in [3.8, 4) is 11.3 Å². The Kier molecular flexibility index (Phi) is 6.34. The van der Waals surface area contributed by atoms with Gasteiger partial charge in [0.1, 0.15) is 0 Å². The van der Waals surface area contributed by atoms with Crippen molar-refractivity contribution >= 4 is 11.7 Å². The monoisotopic (exact) mass is 433 g/mol. The number of rotatable bonds is 7. The molecule has 32 heavy (non-hydrogen) atoms. The molecule has 0 aliphatic heterocycles. The molecular weight excluding hydrogens is 410 g/mol. The highest BCUT2D eigenvalue weighted by Crippen LogP contribution is 2.18. The summed E-state index contributed by atoms with van der Waals surface area (Å²) in [4.78, 5) is 59.7. The molecule has 0 fully saturated rings. The minimum absolute atomic E-state index is 0.0331. The summed E-state index contributed by atoms with van der Waals surface area (Å²) in [7, 11) is 0. The molecule has 1 aliphatic carbocycles. The lowest BCUT2D eigenvalue weighted by Crippen LogP contribution is -2.38. The number of nitrogens with one attached hydrogen (secondary N) is 2. The van der Waals surface area contributed by atoms with Crippen molar-refractivity contribution in [1.82, 2.24) is 24.8 Å². The van der Waals surface area contributed by atoms with Crippen molar-refractivity contribution in [2.75, 3.05) is 6.54 Å². The van der Waals surface area contributed by atoms with Gasteiger partial charge in [0.25, 0.3) is 5.56 Å². The standard InChI is InChI=1S/C23H23N5O4/c29-20(16-5-3-4-15(12-16)18-13-24-9-10-25-18)14-26-21(30)8-11-28-19-7-2-1-6-17(19)22(31)27-23(28)32/h3-5,9-10,12-13H,1-2,6-8,11,14H2,(H,26,30)(H,27,31,32). The lowest BCUT2D eigenvalue weighted by Gasteiger charge is -2.19. The zero-order valence-electron chi connectivity index (χ0n) is 17.5. The maximum Gasteiger partial charge on any atom is 0.328 e. The van der Waals surface area contributed by atoms with E-state index in [9.17, 15) is 19.2 Å². The third-order valence-electron chi connectivity index (χ3n) is 5.56. The van der Waals surface area contributed by atoms with Crippen molar-refractivity contribution in [2.24, 2.45) is 0 Å². The van der Waals surface area contributed by atoms with E-state index in [1.165, 1.54) is 4.57 Å². The molecule has 0 bridgehead atoms. The fourth-order valence-electron chi connectivity index (χ4n) is 3.91. The fraction of sp³-hybridized carbons (Fsp3) is 0.304. The Labute approximate surface area is 183 Å². The summed E-state index contributed by atoms with van der Waals surface area (Å²) in [5.41, 5.74) is 2.39. The average Bonchev–Trinajstić information content (AvgIpc) is 2.83. The summed E-state index contributed by atoms with van der Waals surface area (Å²) < 4.78 is 1.47. The third kappa shape index (κ3) is 4.72. The predicted molar refractivity (Wildman–Crippen MR) is 117 cm³/mol. The van der Waals surface area contributed by atoms with Crippen LogP contribution >= 0.6 is 0 Å². The van der Waals surface area contributed by atoms with Crippen molar-refractivity contribution in [3.63, 3.8) is 0 Å². The molecule has 9 nitrogen and oxygen atoms in total. The Balaban J connectivity index is 1.37. The lowest BCUT2D eigenvalue weighted by atomic mass is 9.97. The molecule has 1 amide bonds. The highest BCUT2D eigenvalue weighted by Gasteiger charge is 2.19. The summed E-state index contributed by atoms with van der Waals surface area (Å²) in [6, 6.07) is 6.98. The normalized spacial score (nSPS) is 12.8. The first-order chi connectivity index (χ1) is 15.5. The second-order valence-electron chi connectivity index (χ2n) is 7.66. The number of hydrogen-bond acceptors (Lipinski definition) is 6. The van der Waals surface area contributed by atoms with Gasteiger partial charge in [0.15, 0.2) is 5.78 Å². The molecule has 1 aromatic carbocycles. The van der Waals surface area contributed by atoms with E-state index < -0.39 is 5.69 Å². The molecule has 0 atom stereocenters. The van der Waals surface area contributed by atoms with E-state index in [0.717, 1.165) is 24.1 Å². The molecule has 9 heteroatoms. The maximum absolute atomic E-state index is 12.5. The number of carbonyl (C=O) groups excluding carboxylic acids is 2. The van der Waals surface area contributed by atoms with Crippen molar-refractivity contribution in [1.29, 1.82) is 0 Å². The van der Waals surface area contributed by atoms with Gasteiger partial charge in [0.2, 0.25) is 5.91 Å². The Morgan fingerprint density at radius 3 is 2.78 bits per heavy atom. The number of fused-ring (bicyclic) bond motifs is 1. The van der Waals surface area contributed by atoms with Gasteiger partial charge < -0.3 is 5.32 Å². The van der Waals surface area contributed by atoms with Gasteiger partial charge in [0, 0.05) is 47.7 Å². The Bertz CT molecular complexity index is 1260. The molecular formula is C23H23N5O4. The second kappa shape index (κ2) is 9.51. The first-order valence-electron chi connectivity index (χ1n) is 10.5. The molecule has 0 radical (unpaired) electrons. The zero-order valence-corrected chi connectivity index (χ0v) is 17.5. The van der Waals surface area contributed by atoms with Gasteiger partial charge in [-0.3, -0.25) is 33.9 Å². The minimum Gasteiger partial charge on any atom is -0.349 e. The van der Waals surface area contributed by atoms with Crippen LogP contribution < -0.4 is 16.6 Å². The van der Waals surface area contributed by atoms with E-state index in [1.54, 1.807) is 36.8 Å². The SMILES string of the molecule is O=C(CCn1c2c(c(=O)[nH]c1=O)CCCC2)NCC(=O)c1cccc(-c2cnccn2)c1. The first kappa shape index (κ1) is 21.4. The van der Waals surface area contributed by atoms with Gasteiger partial charge in [-0.2, -0.15) is 0 Å². The average molecular weight is 433 g/mol. The van der Waals surface area contributed by atoms with Gasteiger partial charge >= 0.3 is 5.69 Å². The lowest BCUT2D eigenvalue weighted by molar-refractivity contribution is -0.121. The quantitative estimate of drug-likeness (QED) is 0.540. The van der Waals surface area contributed by atoms with Gasteiger partial charge in [-0.05, 0) is 31.7 Å². The van der Waals surface area contributed by atoms with Crippen LogP contribution in [0.1, 0.15) is 40.9 Å². The van der Waals surface area contributed by atoms with Crippen LogP contribution in [-0.2, 0) is 24.2 Å². The number of hydrogen-bond donors (Lipinski definition) is 2. The zero-order chi connectivity index (χ0) is 22.5. The van der Waals surface area contributed by atoms with Crippen LogP contribution in [-0.4, -0.2) is 37.8 Å². The van der Waals surface area contributed by atoms with Crippen LogP contribution in [0, 0.1) is 0 Å². The van der Waals surface area contributed by atoms with Gasteiger partial charge in [-0.25, -0.2) is 4.79 Å². The van der Waals surface area contributed by atoms with E-state index in [1.807, 2.05) is 6.07 Å². The number of benzene rings is 1. The van der Waals surface area contributed by atoms with Crippen LogP contribution in [0.5, 0.6) is 0 Å². The van der Waals surface area contributed by atoms with Crippen LogP contribution in [0.4, 0.5) is 0 Å². The number of aromatic amines is 1.